The summed E-state index contributed by atoms with van der Waals surface area (Å²) in [4.78, 5) is 13.7. The summed E-state index contributed by atoms with van der Waals surface area (Å²) in [5, 5.41) is 0. The molecular weight excluding hydrogens is 204 g/mol. The fourth-order valence-corrected chi connectivity index (χ4v) is 1.94. The van der Waals surface area contributed by atoms with E-state index in [4.69, 9.17) is 10.5 Å². The van der Waals surface area contributed by atoms with E-state index in [-0.39, 0.29) is 5.91 Å². The number of carbonyl (C=O) groups excluding carboxylic acids is 1. The average Bonchev–Trinajstić information content (AvgIpc) is 2.25. The summed E-state index contributed by atoms with van der Waals surface area (Å²) in [6.45, 7) is 4.47. The molecular formula is C12H16N2O2. The fourth-order valence-electron chi connectivity index (χ4n) is 1.94. The van der Waals surface area contributed by atoms with Crippen LogP contribution in [0.15, 0.2) is 18.2 Å². The highest BCUT2D eigenvalue weighted by atomic mass is 16.5. The molecule has 86 valence electrons. The standard InChI is InChI=1S/C12H16N2O2/c1-3-7-14-11-9(13)5-4-6-10(11)16-8(2)12(14)15/h4-6,8H,3,7,13H2,1-2H3. The lowest BCUT2D eigenvalue weighted by Gasteiger charge is -2.33. The van der Waals surface area contributed by atoms with Crippen LogP contribution in [0.25, 0.3) is 0 Å². The minimum Gasteiger partial charge on any atom is -0.479 e. The number of benzene rings is 1. The van der Waals surface area contributed by atoms with Crippen molar-refractivity contribution in [2.75, 3.05) is 17.2 Å². The molecule has 16 heavy (non-hydrogen) atoms. The van der Waals surface area contributed by atoms with Crippen LogP contribution in [-0.2, 0) is 4.79 Å². The zero-order valence-corrected chi connectivity index (χ0v) is 9.56. The third-order valence-electron chi connectivity index (χ3n) is 2.66. The zero-order valence-electron chi connectivity index (χ0n) is 9.56. The summed E-state index contributed by atoms with van der Waals surface area (Å²) >= 11 is 0. The predicted molar refractivity (Wildman–Crippen MR) is 63.6 cm³/mol. The van der Waals surface area contributed by atoms with E-state index < -0.39 is 6.10 Å². The van der Waals surface area contributed by atoms with Gasteiger partial charge >= 0.3 is 0 Å². The first-order valence-electron chi connectivity index (χ1n) is 5.51. The Morgan fingerprint density at radius 2 is 2.25 bits per heavy atom. The molecule has 2 rings (SSSR count). The molecule has 1 amide bonds. The quantitative estimate of drug-likeness (QED) is 0.773. The fraction of sp³-hybridized carbons (Fsp3) is 0.417. The number of ether oxygens (including phenoxy) is 1. The van der Waals surface area contributed by atoms with Gasteiger partial charge in [-0.1, -0.05) is 13.0 Å². The molecule has 1 heterocycles. The topological polar surface area (TPSA) is 55.6 Å². The smallest absolute Gasteiger partial charge is 0.267 e. The molecule has 4 heteroatoms. The molecule has 1 aromatic carbocycles. The number of anilines is 2. The van der Waals surface area contributed by atoms with Gasteiger partial charge in [0.2, 0.25) is 0 Å². The zero-order chi connectivity index (χ0) is 11.7. The van der Waals surface area contributed by atoms with Crippen LogP contribution < -0.4 is 15.4 Å². The van der Waals surface area contributed by atoms with Crippen LogP contribution in [0.4, 0.5) is 11.4 Å². The molecule has 0 aromatic heterocycles. The Morgan fingerprint density at radius 3 is 2.94 bits per heavy atom. The van der Waals surface area contributed by atoms with E-state index in [1.54, 1.807) is 17.9 Å². The minimum absolute atomic E-state index is 0.0211. The van der Waals surface area contributed by atoms with Crippen molar-refractivity contribution in [3.63, 3.8) is 0 Å². The first-order valence-corrected chi connectivity index (χ1v) is 5.51. The average molecular weight is 220 g/mol. The molecule has 1 aliphatic rings. The Morgan fingerprint density at radius 1 is 1.50 bits per heavy atom. The van der Waals surface area contributed by atoms with Gasteiger partial charge in [0.1, 0.15) is 11.4 Å². The number of carbonyl (C=O) groups is 1. The molecule has 0 aliphatic carbocycles. The molecule has 4 nitrogen and oxygen atoms in total. The molecule has 0 spiro atoms. The molecule has 1 atom stereocenters. The molecule has 0 saturated heterocycles. The largest absolute Gasteiger partial charge is 0.479 e. The Balaban J connectivity index is 2.49. The SMILES string of the molecule is CCCN1C(=O)C(C)Oc2cccc(N)c21. The van der Waals surface area contributed by atoms with Crippen molar-refractivity contribution in [3.8, 4) is 5.75 Å². The lowest BCUT2D eigenvalue weighted by Crippen LogP contribution is -2.45. The number of hydrogen-bond donors (Lipinski definition) is 1. The van der Waals surface area contributed by atoms with Crippen LogP contribution in [0.1, 0.15) is 20.3 Å². The van der Waals surface area contributed by atoms with E-state index in [0.717, 1.165) is 6.42 Å². The van der Waals surface area contributed by atoms with E-state index in [1.807, 2.05) is 19.1 Å². The predicted octanol–water partition coefficient (Wildman–Crippen LogP) is 1.79. The number of nitrogen functional groups attached to an aromatic ring is 1. The summed E-state index contributed by atoms with van der Waals surface area (Å²) < 4.78 is 5.53. The normalized spacial score (nSPS) is 19.2. The maximum Gasteiger partial charge on any atom is 0.267 e. The molecule has 1 aromatic rings. The van der Waals surface area contributed by atoms with Gasteiger partial charge in [0.15, 0.2) is 6.10 Å². The van der Waals surface area contributed by atoms with E-state index in [0.29, 0.717) is 23.7 Å². The van der Waals surface area contributed by atoms with Crippen LogP contribution in [0.5, 0.6) is 5.75 Å². The van der Waals surface area contributed by atoms with Crippen molar-refractivity contribution < 1.29 is 9.53 Å². The number of nitrogens with two attached hydrogens (primary N) is 1. The lowest BCUT2D eigenvalue weighted by molar-refractivity contribution is -0.125. The number of nitrogens with zero attached hydrogens (tertiary/aromatic N) is 1. The number of hydrogen-bond acceptors (Lipinski definition) is 3. The summed E-state index contributed by atoms with van der Waals surface area (Å²) in [5.74, 6) is 0.674. The van der Waals surface area contributed by atoms with Crippen molar-refractivity contribution in [1.29, 1.82) is 0 Å². The molecule has 0 fully saturated rings. The number of fused-ring (bicyclic) bond motifs is 1. The van der Waals surface area contributed by atoms with E-state index >= 15 is 0 Å². The molecule has 0 saturated carbocycles. The van der Waals surface area contributed by atoms with E-state index in [1.165, 1.54) is 0 Å². The van der Waals surface area contributed by atoms with Crippen molar-refractivity contribution in [2.24, 2.45) is 0 Å². The van der Waals surface area contributed by atoms with Gasteiger partial charge in [0.05, 0.1) is 5.69 Å². The Bertz CT molecular complexity index is 417. The van der Waals surface area contributed by atoms with Gasteiger partial charge in [-0.15, -0.1) is 0 Å². The van der Waals surface area contributed by atoms with E-state index in [9.17, 15) is 4.79 Å². The molecule has 0 radical (unpaired) electrons. The first-order chi connectivity index (χ1) is 7.65. The number of rotatable bonds is 2. The number of para-hydroxylation sites is 1. The van der Waals surface area contributed by atoms with Crippen LogP contribution in [0.3, 0.4) is 0 Å². The van der Waals surface area contributed by atoms with Crippen molar-refractivity contribution >= 4 is 17.3 Å². The van der Waals surface area contributed by atoms with Crippen LogP contribution in [0.2, 0.25) is 0 Å². The number of amides is 1. The van der Waals surface area contributed by atoms with Gasteiger partial charge in [0.25, 0.3) is 5.91 Å². The highest BCUT2D eigenvalue weighted by Crippen LogP contribution is 2.38. The minimum atomic E-state index is -0.430. The van der Waals surface area contributed by atoms with E-state index in [2.05, 4.69) is 0 Å². The third kappa shape index (κ3) is 1.60. The van der Waals surface area contributed by atoms with Gasteiger partial charge in [-0.3, -0.25) is 4.79 Å². The van der Waals surface area contributed by atoms with Crippen molar-refractivity contribution in [1.82, 2.24) is 0 Å². The van der Waals surface area contributed by atoms with Crippen LogP contribution >= 0.6 is 0 Å². The monoisotopic (exact) mass is 220 g/mol. The maximum atomic E-state index is 12.0. The maximum absolute atomic E-state index is 12.0. The second kappa shape index (κ2) is 4.04. The van der Waals surface area contributed by atoms with Gasteiger partial charge < -0.3 is 15.4 Å². The van der Waals surface area contributed by atoms with Gasteiger partial charge in [-0.25, -0.2) is 0 Å². The van der Waals surface area contributed by atoms with Gasteiger partial charge in [-0.05, 0) is 25.5 Å². The van der Waals surface area contributed by atoms with Gasteiger partial charge in [-0.2, -0.15) is 0 Å². The van der Waals surface area contributed by atoms with Gasteiger partial charge in [0, 0.05) is 6.54 Å². The molecule has 0 bridgehead atoms. The Hall–Kier alpha value is -1.71. The van der Waals surface area contributed by atoms with Crippen LogP contribution in [0, 0.1) is 0 Å². The third-order valence-corrected chi connectivity index (χ3v) is 2.66. The van der Waals surface area contributed by atoms with Crippen LogP contribution in [-0.4, -0.2) is 18.6 Å². The second-order valence-electron chi connectivity index (χ2n) is 3.94. The van der Waals surface area contributed by atoms with Crippen molar-refractivity contribution in [2.45, 2.75) is 26.4 Å². The molecule has 1 aliphatic heterocycles. The molecule has 1 unspecified atom stereocenters. The van der Waals surface area contributed by atoms with Crippen molar-refractivity contribution in [3.05, 3.63) is 18.2 Å². The first kappa shape index (κ1) is 10.8. The highest BCUT2D eigenvalue weighted by Gasteiger charge is 2.32. The second-order valence-corrected chi connectivity index (χ2v) is 3.94. The summed E-state index contributed by atoms with van der Waals surface area (Å²) in [7, 11) is 0. The summed E-state index contributed by atoms with van der Waals surface area (Å²) in [6, 6.07) is 5.46. The Labute approximate surface area is 95.0 Å². The lowest BCUT2D eigenvalue weighted by atomic mass is 10.1. The summed E-state index contributed by atoms with van der Waals surface area (Å²) in [5.41, 5.74) is 7.20. The summed E-state index contributed by atoms with van der Waals surface area (Å²) in [6.07, 6.45) is 0.465. The Kier molecular flexibility index (Phi) is 2.73. The molecule has 2 N–H and O–H groups in total. The highest BCUT2D eigenvalue weighted by molar-refractivity contribution is 6.02.